The number of carbonyl (C=O) groups excluding carboxylic acids is 1. The van der Waals surface area contributed by atoms with Gasteiger partial charge in [0.15, 0.2) is 0 Å². The predicted molar refractivity (Wildman–Crippen MR) is 84.2 cm³/mol. The summed E-state index contributed by atoms with van der Waals surface area (Å²) in [6, 6.07) is 9.06. The van der Waals surface area contributed by atoms with E-state index in [1.165, 1.54) is 12.3 Å². The molecule has 2 rings (SSSR count). The van der Waals surface area contributed by atoms with Crippen LogP contribution in [0.4, 0.5) is 5.69 Å². The number of benzene rings is 1. The molecule has 0 bridgehead atoms. The molecule has 1 aromatic carbocycles. The highest BCUT2D eigenvalue weighted by Crippen LogP contribution is 2.21. The van der Waals surface area contributed by atoms with Crippen LogP contribution in [0.5, 0.6) is 0 Å². The van der Waals surface area contributed by atoms with E-state index in [0.29, 0.717) is 18.6 Å². The highest BCUT2D eigenvalue weighted by Gasteiger charge is 2.11. The lowest BCUT2D eigenvalue weighted by atomic mass is 10.1. The second-order valence-electron chi connectivity index (χ2n) is 4.35. The molecule has 1 heterocycles. The van der Waals surface area contributed by atoms with Gasteiger partial charge in [-0.05, 0) is 24.1 Å². The smallest absolute Gasteiger partial charge is 0.257 e. The molecule has 4 nitrogen and oxygen atoms in total. The van der Waals surface area contributed by atoms with Gasteiger partial charge in [-0.2, -0.15) is 0 Å². The van der Waals surface area contributed by atoms with Crippen LogP contribution in [-0.4, -0.2) is 24.6 Å². The van der Waals surface area contributed by atoms with Crippen LogP contribution < -0.4 is 5.32 Å². The van der Waals surface area contributed by atoms with Crippen LogP contribution in [0.15, 0.2) is 36.5 Å². The SMILES string of the molecule is COCCc1ccccc1NC(=O)c1cnc(Cl)c(Cl)c1. The molecule has 0 atom stereocenters. The number of methoxy groups -OCH3 is 1. The highest BCUT2D eigenvalue weighted by molar-refractivity contribution is 6.41. The summed E-state index contributed by atoms with van der Waals surface area (Å²) in [5.41, 5.74) is 2.09. The summed E-state index contributed by atoms with van der Waals surface area (Å²) in [6.45, 7) is 0.585. The van der Waals surface area contributed by atoms with Gasteiger partial charge in [0.05, 0.1) is 17.2 Å². The van der Waals surface area contributed by atoms with E-state index in [1.807, 2.05) is 24.3 Å². The first kappa shape index (κ1) is 15.8. The van der Waals surface area contributed by atoms with E-state index in [0.717, 1.165) is 11.3 Å². The normalized spacial score (nSPS) is 10.4. The number of carbonyl (C=O) groups is 1. The van der Waals surface area contributed by atoms with Crippen LogP contribution in [0.3, 0.4) is 0 Å². The first-order valence-electron chi connectivity index (χ1n) is 6.31. The van der Waals surface area contributed by atoms with Crippen molar-refractivity contribution in [2.24, 2.45) is 0 Å². The Balaban J connectivity index is 2.17. The number of amides is 1. The van der Waals surface area contributed by atoms with E-state index in [-0.39, 0.29) is 16.1 Å². The highest BCUT2D eigenvalue weighted by atomic mass is 35.5. The fraction of sp³-hybridized carbons (Fsp3) is 0.200. The van der Waals surface area contributed by atoms with Crippen LogP contribution in [0.2, 0.25) is 10.2 Å². The summed E-state index contributed by atoms with van der Waals surface area (Å²) in [6.07, 6.45) is 2.11. The molecule has 0 fully saturated rings. The number of anilines is 1. The number of pyridine rings is 1. The van der Waals surface area contributed by atoms with Crippen LogP contribution in [0.25, 0.3) is 0 Å². The summed E-state index contributed by atoms with van der Waals surface area (Å²) < 4.78 is 5.06. The monoisotopic (exact) mass is 324 g/mol. The zero-order valence-electron chi connectivity index (χ0n) is 11.4. The number of hydrogen-bond donors (Lipinski definition) is 1. The number of hydrogen-bond acceptors (Lipinski definition) is 3. The maximum absolute atomic E-state index is 12.2. The number of rotatable bonds is 5. The molecule has 1 aromatic heterocycles. The van der Waals surface area contributed by atoms with E-state index in [9.17, 15) is 4.79 Å². The number of halogens is 2. The van der Waals surface area contributed by atoms with Gasteiger partial charge in [0.1, 0.15) is 5.15 Å². The molecule has 0 unspecified atom stereocenters. The average Bonchev–Trinajstić information content (AvgIpc) is 2.49. The van der Waals surface area contributed by atoms with Crippen molar-refractivity contribution < 1.29 is 9.53 Å². The first-order valence-corrected chi connectivity index (χ1v) is 7.06. The van der Waals surface area contributed by atoms with Gasteiger partial charge in [-0.15, -0.1) is 0 Å². The molecule has 1 amide bonds. The fourth-order valence-electron chi connectivity index (χ4n) is 1.81. The topological polar surface area (TPSA) is 51.2 Å². The van der Waals surface area contributed by atoms with E-state index in [2.05, 4.69) is 10.3 Å². The molecule has 0 spiro atoms. The maximum atomic E-state index is 12.2. The zero-order chi connectivity index (χ0) is 15.2. The lowest BCUT2D eigenvalue weighted by Crippen LogP contribution is -2.14. The van der Waals surface area contributed by atoms with Crippen molar-refractivity contribution in [3.8, 4) is 0 Å². The average molecular weight is 325 g/mol. The Morgan fingerprint density at radius 2 is 2.10 bits per heavy atom. The van der Waals surface area contributed by atoms with Gasteiger partial charge >= 0.3 is 0 Å². The molecule has 1 N–H and O–H groups in total. The second kappa shape index (κ2) is 7.41. The standard InChI is InChI=1S/C15H14Cl2N2O2/c1-21-7-6-10-4-2-3-5-13(10)19-15(20)11-8-12(16)14(17)18-9-11/h2-5,8-9H,6-7H2,1H3,(H,19,20). The van der Waals surface area contributed by atoms with Crippen molar-refractivity contribution in [3.05, 3.63) is 57.8 Å². The van der Waals surface area contributed by atoms with Crippen molar-refractivity contribution in [2.45, 2.75) is 6.42 Å². The number of aromatic nitrogens is 1. The Bertz CT molecular complexity index is 647. The minimum absolute atomic E-state index is 0.175. The fourth-order valence-corrected chi connectivity index (χ4v) is 2.08. The van der Waals surface area contributed by atoms with E-state index in [1.54, 1.807) is 7.11 Å². The van der Waals surface area contributed by atoms with Gasteiger partial charge in [0.2, 0.25) is 0 Å². The molecule has 0 aliphatic rings. The minimum Gasteiger partial charge on any atom is -0.384 e. The van der Waals surface area contributed by atoms with E-state index in [4.69, 9.17) is 27.9 Å². The molecule has 110 valence electrons. The van der Waals surface area contributed by atoms with Crippen LogP contribution in [-0.2, 0) is 11.2 Å². The zero-order valence-corrected chi connectivity index (χ0v) is 12.9. The van der Waals surface area contributed by atoms with Gasteiger partial charge in [0.25, 0.3) is 5.91 Å². The third-order valence-electron chi connectivity index (χ3n) is 2.90. The molecular formula is C15H14Cl2N2O2. The van der Waals surface area contributed by atoms with Gasteiger partial charge in [-0.25, -0.2) is 4.98 Å². The van der Waals surface area contributed by atoms with Crippen LogP contribution in [0.1, 0.15) is 15.9 Å². The van der Waals surface area contributed by atoms with Crippen LogP contribution in [0, 0.1) is 0 Å². The van der Waals surface area contributed by atoms with E-state index >= 15 is 0 Å². The Morgan fingerprint density at radius 3 is 2.81 bits per heavy atom. The van der Waals surface area contributed by atoms with Crippen molar-refractivity contribution in [3.63, 3.8) is 0 Å². The maximum Gasteiger partial charge on any atom is 0.257 e. The number of para-hydroxylation sites is 1. The first-order chi connectivity index (χ1) is 10.1. The third-order valence-corrected chi connectivity index (χ3v) is 3.59. The third kappa shape index (κ3) is 4.17. The van der Waals surface area contributed by atoms with Gasteiger partial charge in [-0.3, -0.25) is 4.79 Å². The van der Waals surface area contributed by atoms with Gasteiger partial charge in [0, 0.05) is 19.0 Å². The van der Waals surface area contributed by atoms with Gasteiger partial charge in [-0.1, -0.05) is 41.4 Å². The Kier molecular flexibility index (Phi) is 5.56. The summed E-state index contributed by atoms with van der Waals surface area (Å²) in [7, 11) is 1.64. The lowest BCUT2D eigenvalue weighted by Gasteiger charge is -2.11. The van der Waals surface area contributed by atoms with Crippen molar-refractivity contribution in [2.75, 3.05) is 19.0 Å². The Hall–Kier alpha value is -1.62. The molecule has 0 saturated heterocycles. The molecular weight excluding hydrogens is 311 g/mol. The number of nitrogens with zero attached hydrogens (tertiary/aromatic N) is 1. The van der Waals surface area contributed by atoms with Crippen LogP contribution >= 0.6 is 23.2 Å². The van der Waals surface area contributed by atoms with E-state index < -0.39 is 0 Å². The molecule has 0 saturated carbocycles. The second-order valence-corrected chi connectivity index (χ2v) is 5.12. The van der Waals surface area contributed by atoms with Crippen molar-refractivity contribution >= 4 is 34.8 Å². The Labute approximate surface area is 133 Å². The summed E-state index contributed by atoms with van der Waals surface area (Å²) >= 11 is 11.6. The Morgan fingerprint density at radius 1 is 1.33 bits per heavy atom. The number of ether oxygens (including phenoxy) is 1. The van der Waals surface area contributed by atoms with Crippen molar-refractivity contribution in [1.82, 2.24) is 4.98 Å². The molecule has 21 heavy (non-hydrogen) atoms. The predicted octanol–water partition coefficient (Wildman–Crippen LogP) is 3.83. The van der Waals surface area contributed by atoms with Crippen molar-refractivity contribution in [1.29, 1.82) is 0 Å². The largest absolute Gasteiger partial charge is 0.384 e. The molecule has 0 radical (unpaired) electrons. The molecule has 0 aliphatic carbocycles. The summed E-state index contributed by atoms with van der Waals surface area (Å²) in [4.78, 5) is 16.1. The summed E-state index contributed by atoms with van der Waals surface area (Å²) in [5.74, 6) is -0.286. The molecule has 6 heteroatoms. The van der Waals surface area contributed by atoms with Gasteiger partial charge < -0.3 is 10.1 Å². The minimum atomic E-state index is -0.286. The molecule has 2 aromatic rings. The molecule has 0 aliphatic heterocycles. The number of nitrogens with one attached hydrogen (secondary N) is 1. The lowest BCUT2D eigenvalue weighted by molar-refractivity contribution is 0.102. The summed E-state index contributed by atoms with van der Waals surface area (Å²) in [5, 5.41) is 3.27. The quantitative estimate of drug-likeness (QED) is 0.850.